The second-order valence-corrected chi connectivity index (χ2v) is 5.14. The van der Waals surface area contributed by atoms with Crippen LogP contribution < -0.4 is 19.6 Å². The first-order chi connectivity index (χ1) is 12.1. The van der Waals surface area contributed by atoms with Crippen LogP contribution in [0.2, 0.25) is 0 Å². The molecule has 0 aliphatic carbocycles. The molecule has 6 heteroatoms. The van der Waals surface area contributed by atoms with Crippen molar-refractivity contribution in [2.75, 3.05) is 13.7 Å². The molecular formula is C19H22N2O4. The summed E-state index contributed by atoms with van der Waals surface area (Å²) in [5.74, 6) is 1.57. The molecule has 0 bridgehead atoms. The first-order valence-corrected chi connectivity index (χ1v) is 7.99. The van der Waals surface area contributed by atoms with Gasteiger partial charge in [0.15, 0.2) is 6.10 Å². The highest BCUT2D eigenvalue weighted by Crippen LogP contribution is 2.20. The van der Waals surface area contributed by atoms with Crippen LogP contribution >= 0.6 is 0 Å². The van der Waals surface area contributed by atoms with Gasteiger partial charge in [0.1, 0.15) is 17.2 Å². The Kier molecular flexibility index (Phi) is 6.83. The Bertz CT molecular complexity index is 731. The summed E-state index contributed by atoms with van der Waals surface area (Å²) in [5.41, 5.74) is 3.25. The maximum absolute atomic E-state index is 12.1. The summed E-state index contributed by atoms with van der Waals surface area (Å²) < 4.78 is 16.2. The fourth-order valence-electron chi connectivity index (χ4n) is 2.06. The number of nitrogens with one attached hydrogen (secondary N) is 1. The summed E-state index contributed by atoms with van der Waals surface area (Å²) in [6, 6.07) is 14.5. The summed E-state index contributed by atoms with van der Waals surface area (Å²) in [7, 11) is 1.57. The minimum atomic E-state index is -0.702. The molecule has 1 amide bonds. The van der Waals surface area contributed by atoms with Crippen molar-refractivity contribution in [2.45, 2.75) is 20.0 Å². The number of rotatable bonds is 8. The van der Waals surface area contributed by atoms with E-state index in [0.717, 1.165) is 5.56 Å². The third-order valence-electron chi connectivity index (χ3n) is 3.32. The van der Waals surface area contributed by atoms with Crippen LogP contribution in [0.3, 0.4) is 0 Å². The minimum Gasteiger partial charge on any atom is -0.497 e. The molecule has 0 heterocycles. The molecule has 1 unspecified atom stereocenters. The number of para-hydroxylation sites is 1. The molecule has 132 valence electrons. The number of carbonyl (C=O) groups excluding carboxylic acids is 1. The molecular weight excluding hydrogens is 320 g/mol. The largest absolute Gasteiger partial charge is 0.497 e. The van der Waals surface area contributed by atoms with Crippen LogP contribution in [0, 0.1) is 0 Å². The zero-order valence-electron chi connectivity index (χ0n) is 14.6. The van der Waals surface area contributed by atoms with Crippen LogP contribution in [0.5, 0.6) is 17.2 Å². The van der Waals surface area contributed by atoms with Crippen molar-refractivity contribution in [2.24, 2.45) is 5.10 Å². The number of methoxy groups -OCH3 is 1. The Balaban J connectivity index is 1.93. The van der Waals surface area contributed by atoms with E-state index in [2.05, 4.69) is 10.5 Å². The normalized spacial score (nSPS) is 11.8. The quantitative estimate of drug-likeness (QED) is 0.591. The summed E-state index contributed by atoms with van der Waals surface area (Å²) >= 11 is 0. The fraction of sp³-hybridized carbons (Fsp3) is 0.263. The summed E-state index contributed by atoms with van der Waals surface area (Å²) in [6.45, 7) is 4.12. The molecule has 1 atom stereocenters. The third kappa shape index (κ3) is 5.53. The van der Waals surface area contributed by atoms with Crippen LogP contribution in [-0.2, 0) is 4.79 Å². The summed E-state index contributed by atoms with van der Waals surface area (Å²) in [6.07, 6.45) is 0.840. The van der Waals surface area contributed by atoms with Gasteiger partial charge in [0.05, 0.1) is 19.9 Å². The van der Waals surface area contributed by atoms with Gasteiger partial charge in [-0.1, -0.05) is 18.2 Å². The molecule has 25 heavy (non-hydrogen) atoms. The number of hydrogen-bond acceptors (Lipinski definition) is 5. The molecule has 0 spiro atoms. The van der Waals surface area contributed by atoms with E-state index in [4.69, 9.17) is 14.2 Å². The molecule has 0 saturated carbocycles. The molecule has 0 saturated heterocycles. The van der Waals surface area contributed by atoms with Gasteiger partial charge < -0.3 is 14.2 Å². The zero-order valence-corrected chi connectivity index (χ0v) is 14.6. The highest BCUT2D eigenvalue weighted by atomic mass is 16.5. The van der Waals surface area contributed by atoms with Crippen molar-refractivity contribution >= 4 is 12.1 Å². The molecule has 0 radical (unpaired) electrons. The molecule has 2 aromatic carbocycles. The van der Waals surface area contributed by atoms with Crippen molar-refractivity contribution in [3.63, 3.8) is 0 Å². The van der Waals surface area contributed by atoms with Gasteiger partial charge in [-0.05, 0) is 38.1 Å². The van der Waals surface area contributed by atoms with Crippen LogP contribution in [0.15, 0.2) is 53.6 Å². The van der Waals surface area contributed by atoms with Gasteiger partial charge in [0, 0.05) is 11.6 Å². The first kappa shape index (κ1) is 18.3. The lowest BCUT2D eigenvalue weighted by atomic mass is 10.2. The van der Waals surface area contributed by atoms with Gasteiger partial charge in [0.2, 0.25) is 0 Å². The lowest BCUT2D eigenvalue weighted by Gasteiger charge is -2.13. The van der Waals surface area contributed by atoms with Gasteiger partial charge in [-0.15, -0.1) is 0 Å². The van der Waals surface area contributed by atoms with E-state index in [1.807, 2.05) is 31.2 Å². The predicted molar refractivity (Wildman–Crippen MR) is 96.4 cm³/mol. The number of hydrogen-bond donors (Lipinski definition) is 1. The molecule has 6 nitrogen and oxygen atoms in total. The van der Waals surface area contributed by atoms with E-state index in [1.165, 1.54) is 0 Å². The van der Waals surface area contributed by atoms with Crippen LogP contribution in [0.1, 0.15) is 19.4 Å². The minimum absolute atomic E-state index is 0.354. The second-order valence-electron chi connectivity index (χ2n) is 5.14. The van der Waals surface area contributed by atoms with Crippen molar-refractivity contribution in [3.8, 4) is 17.2 Å². The molecule has 1 N–H and O–H groups in total. The number of amides is 1. The maximum atomic E-state index is 12.1. The van der Waals surface area contributed by atoms with Crippen molar-refractivity contribution in [3.05, 3.63) is 54.1 Å². The Hall–Kier alpha value is -3.02. The zero-order chi connectivity index (χ0) is 18.1. The molecule has 0 aliphatic rings. The summed E-state index contributed by atoms with van der Waals surface area (Å²) in [5, 5.41) is 3.97. The Morgan fingerprint density at radius 2 is 1.96 bits per heavy atom. The lowest BCUT2D eigenvalue weighted by molar-refractivity contribution is -0.127. The predicted octanol–water partition coefficient (Wildman–Crippen LogP) is 3.01. The van der Waals surface area contributed by atoms with Crippen molar-refractivity contribution in [1.29, 1.82) is 0 Å². The van der Waals surface area contributed by atoms with Crippen molar-refractivity contribution < 1.29 is 19.0 Å². The molecule has 2 aromatic rings. The first-order valence-electron chi connectivity index (χ1n) is 7.99. The molecule has 0 aromatic heterocycles. The monoisotopic (exact) mass is 342 g/mol. The second kappa shape index (κ2) is 9.32. The van der Waals surface area contributed by atoms with Gasteiger partial charge in [-0.25, -0.2) is 5.43 Å². The van der Waals surface area contributed by atoms with Crippen LogP contribution in [-0.4, -0.2) is 31.9 Å². The Labute approximate surface area is 147 Å². The lowest BCUT2D eigenvalue weighted by Crippen LogP contribution is -2.33. The molecule has 2 rings (SSSR count). The Morgan fingerprint density at radius 1 is 1.20 bits per heavy atom. The van der Waals surface area contributed by atoms with Gasteiger partial charge in [-0.2, -0.15) is 5.10 Å². The number of benzene rings is 2. The van der Waals surface area contributed by atoms with E-state index < -0.39 is 6.10 Å². The van der Waals surface area contributed by atoms with Crippen LogP contribution in [0.25, 0.3) is 0 Å². The average Bonchev–Trinajstić information content (AvgIpc) is 2.63. The topological polar surface area (TPSA) is 69.2 Å². The van der Waals surface area contributed by atoms with E-state index in [9.17, 15) is 4.79 Å². The third-order valence-corrected chi connectivity index (χ3v) is 3.32. The smallest absolute Gasteiger partial charge is 0.280 e. The Morgan fingerprint density at radius 3 is 2.72 bits per heavy atom. The number of ether oxygens (including phenoxy) is 3. The van der Waals surface area contributed by atoms with Gasteiger partial charge in [-0.3, -0.25) is 4.79 Å². The maximum Gasteiger partial charge on any atom is 0.280 e. The SMILES string of the molecule is CCOc1ccccc1/C=N/NC(=O)C(C)Oc1cccc(OC)c1. The molecule has 0 aliphatic heterocycles. The average molecular weight is 342 g/mol. The van der Waals surface area contributed by atoms with E-state index in [0.29, 0.717) is 23.9 Å². The van der Waals surface area contributed by atoms with Gasteiger partial charge in [0.25, 0.3) is 5.91 Å². The number of nitrogens with zero attached hydrogens (tertiary/aromatic N) is 1. The van der Waals surface area contributed by atoms with E-state index in [1.54, 1.807) is 44.5 Å². The number of carbonyl (C=O) groups is 1. The highest BCUT2D eigenvalue weighted by molar-refractivity contribution is 5.86. The van der Waals surface area contributed by atoms with Crippen LogP contribution in [0.4, 0.5) is 0 Å². The van der Waals surface area contributed by atoms with E-state index in [-0.39, 0.29) is 5.91 Å². The van der Waals surface area contributed by atoms with Gasteiger partial charge >= 0.3 is 0 Å². The standard InChI is InChI=1S/C19H22N2O4/c1-4-24-18-11-6-5-8-15(18)13-20-21-19(22)14(2)25-17-10-7-9-16(12-17)23-3/h5-14H,4H2,1-3H3,(H,21,22)/b20-13+. The summed E-state index contributed by atoms with van der Waals surface area (Å²) in [4.78, 5) is 12.1. The number of hydrazone groups is 1. The highest BCUT2D eigenvalue weighted by Gasteiger charge is 2.14. The van der Waals surface area contributed by atoms with E-state index >= 15 is 0 Å². The van der Waals surface area contributed by atoms with Crippen molar-refractivity contribution in [1.82, 2.24) is 5.43 Å². The fourth-order valence-corrected chi connectivity index (χ4v) is 2.06. The molecule has 0 fully saturated rings.